The minimum atomic E-state index is -1.80. The maximum absolute atomic E-state index is 14.8. The average molecular weight is 1820 g/mol. The topological polar surface area (TPSA) is 641 Å². The zero-order valence-electron chi connectivity index (χ0n) is 69.4. The largest absolute Gasteiger partial charge is 0.508 e. The molecule has 46 heteroatoms. The van der Waals surface area contributed by atoms with Crippen molar-refractivity contribution in [3.63, 3.8) is 0 Å². The molecule has 684 valence electrons. The molecule has 1 aliphatic heterocycles. The van der Waals surface area contributed by atoms with E-state index in [1.54, 1.807) is 67.7 Å². The summed E-state index contributed by atoms with van der Waals surface area (Å²) >= 11 is 16.9. The molecular formula is C79H112N20O22S4. The fourth-order valence-corrected chi connectivity index (χ4v) is 14.0. The summed E-state index contributed by atoms with van der Waals surface area (Å²) in [6.45, 7) is 3.19. The average Bonchev–Trinajstić information content (AvgIpc) is 1.71. The Morgan fingerprint density at radius 3 is 1.48 bits per heavy atom. The number of carboxylic acids is 1. The van der Waals surface area contributed by atoms with E-state index in [4.69, 9.17) is 11.1 Å². The zero-order chi connectivity index (χ0) is 92.7. The van der Waals surface area contributed by atoms with Gasteiger partial charge in [-0.1, -0.05) is 67.6 Å². The number of benzene rings is 3. The molecule has 0 bridgehead atoms. The number of H-pyrrole nitrogens is 1. The van der Waals surface area contributed by atoms with Crippen molar-refractivity contribution < 1.29 is 107 Å². The zero-order valence-corrected chi connectivity index (χ0v) is 73.0. The summed E-state index contributed by atoms with van der Waals surface area (Å²) < 4.78 is 0. The molecule has 14 atom stereocenters. The summed E-state index contributed by atoms with van der Waals surface area (Å²) in [5.41, 5.74) is 7.71. The molecule has 0 unspecified atom stereocenters. The smallest absolute Gasteiger partial charge is 0.303 e. The third-order valence-electron chi connectivity index (χ3n) is 19.7. The molecule has 1 fully saturated rings. The first-order valence-corrected chi connectivity index (χ1v) is 42.5. The van der Waals surface area contributed by atoms with Crippen LogP contribution in [-0.4, -0.2) is 301 Å². The summed E-state index contributed by atoms with van der Waals surface area (Å²) in [5, 5.41) is 85.4. The van der Waals surface area contributed by atoms with Crippen LogP contribution in [0.1, 0.15) is 96.3 Å². The number of carbonyl (C=O) groups is 18. The Balaban J connectivity index is 1.28. The number of carboxylic acid groups (broad SMARTS) is 1. The van der Waals surface area contributed by atoms with Crippen molar-refractivity contribution in [2.75, 3.05) is 68.9 Å². The number of thiol groups is 4. The van der Waals surface area contributed by atoms with E-state index in [1.165, 1.54) is 61.8 Å². The van der Waals surface area contributed by atoms with Crippen molar-refractivity contribution in [3.05, 3.63) is 102 Å². The second kappa shape index (κ2) is 52.8. The number of rotatable bonds is 52. The lowest BCUT2D eigenvalue weighted by Crippen LogP contribution is -2.61. The molecule has 16 amide bonds. The molecule has 5 rings (SSSR count). The summed E-state index contributed by atoms with van der Waals surface area (Å²) in [6, 6.07) is 0.0847. The van der Waals surface area contributed by atoms with Crippen LogP contribution in [0.15, 0.2) is 85.1 Å². The number of aromatic hydroxyl groups is 1. The van der Waals surface area contributed by atoms with E-state index in [2.05, 4.69) is 135 Å². The van der Waals surface area contributed by atoms with Crippen LogP contribution in [0.25, 0.3) is 10.9 Å². The summed E-state index contributed by atoms with van der Waals surface area (Å²) in [5.74, 6) is -18.6. The van der Waals surface area contributed by atoms with E-state index in [9.17, 15) is 107 Å². The molecule has 3 aromatic carbocycles. The molecule has 0 saturated carbocycles. The van der Waals surface area contributed by atoms with E-state index in [1.807, 2.05) is 0 Å². The lowest BCUT2D eigenvalue weighted by atomic mass is 10.0. The van der Waals surface area contributed by atoms with Crippen LogP contribution in [0.4, 0.5) is 0 Å². The highest BCUT2D eigenvalue weighted by molar-refractivity contribution is 7.80. The number of phenolic OH excluding ortho intramolecular Hbond substituents is 1. The number of aliphatic hydroxyl groups is 2. The van der Waals surface area contributed by atoms with Crippen molar-refractivity contribution in [2.24, 2.45) is 5.73 Å². The van der Waals surface area contributed by atoms with E-state index < -0.39 is 253 Å². The van der Waals surface area contributed by atoms with Gasteiger partial charge in [0.25, 0.3) is 0 Å². The molecule has 23 N–H and O–H groups in total. The number of para-hydroxylation sites is 1. The minimum Gasteiger partial charge on any atom is -0.508 e. The number of carbonyl (C=O) groups excluding carboxylic acids is 17. The fraction of sp³-hybridized carbons (Fsp3) is 0.506. The summed E-state index contributed by atoms with van der Waals surface area (Å²) in [7, 11) is 0. The number of phenols is 1. The molecule has 1 saturated heterocycles. The van der Waals surface area contributed by atoms with Gasteiger partial charge in [0.2, 0.25) is 94.5 Å². The Morgan fingerprint density at radius 2 is 0.968 bits per heavy atom. The van der Waals surface area contributed by atoms with Crippen molar-refractivity contribution in [1.29, 1.82) is 5.41 Å². The van der Waals surface area contributed by atoms with Gasteiger partial charge in [-0.3, -0.25) is 91.7 Å². The molecule has 42 nitrogen and oxygen atoms in total. The van der Waals surface area contributed by atoms with Crippen molar-refractivity contribution >= 4 is 174 Å². The number of nitrogens with zero attached hydrogens (tertiary/aromatic N) is 2. The van der Waals surface area contributed by atoms with Gasteiger partial charge in [0, 0.05) is 92.4 Å². The maximum Gasteiger partial charge on any atom is 0.303 e. The van der Waals surface area contributed by atoms with Crippen LogP contribution in [0, 0.1) is 5.41 Å². The van der Waals surface area contributed by atoms with Crippen LogP contribution in [0.2, 0.25) is 0 Å². The number of aliphatic hydroxyl groups excluding tert-OH is 2. The van der Waals surface area contributed by atoms with E-state index in [0.29, 0.717) is 16.7 Å². The fourth-order valence-electron chi connectivity index (χ4n) is 12.9. The van der Waals surface area contributed by atoms with Gasteiger partial charge in [0.15, 0.2) is 11.7 Å². The molecule has 1 aromatic heterocycles. The van der Waals surface area contributed by atoms with Crippen LogP contribution in [0.5, 0.6) is 5.75 Å². The number of hydrogen-bond acceptors (Lipinski definition) is 26. The first-order chi connectivity index (χ1) is 59.4. The number of guanidine groups is 1. The van der Waals surface area contributed by atoms with Gasteiger partial charge in [-0.05, 0) is 94.2 Å². The first-order valence-electron chi connectivity index (χ1n) is 40.0. The number of nitrogens with two attached hydrogens (primary N) is 1. The minimum absolute atomic E-state index is 0.00218. The number of hydrogen-bond donors (Lipinski definition) is 26. The number of aromatic amines is 1. The van der Waals surface area contributed by atoms with Crippen LogP contribution < -0.4 is 85.5 Å². The number of aliphatic carboxylic acids is 1. The van der Waals surface area contributed by atoms with Gasteiger partial charge >= 0.3 is 5.97 Å². The van der Waals surface area contributed by atoms with Crippen molar-refractivity contribution in [1.82, 2.24) is 94.5 Å². The van der Waals surface area contributed by atoms with Crippen LogP contribution >= 0.6 is 50.5 Å². The van der Waals surface area contributed by atoms with Crippen LogP contribution in [-0.2, 0) is 106 Å². The van der Waals surface area contributed by atoms with Crippen LogP contribution in [0.3, 0.4) is 0 Å². The van der Waals surface area contributed by atoms with E-state index >= 15 is 0 Å². The third kappa shape index (κ3) is 33.7. The molecule has 1 aliphatic rings. The molecule has 4 aromatic rings. The highest BCUT2D eigenvalue weighted by atomic mass is 32.1. The molecule has 0 aliphatic carbocycles. The Labute approximate surface area is 741 Å². The predicted octanol–water partition coefficient (Wildman–Crippen LogP) is -5.97. The van der Waals surface area contributed by atoms with Gasteiger partial charge in [-0.25, -0.2) is 0 Å². The molecule has 125 heavy (non-hydrogen) atoms. The SMILES string of the molecule is CCCN(C(=O)[C@@H]1CCCN1C(=O)CNC(=O)[C@H](CO)NC(=O)[C@H](CS)NC(=O)[C@H](Cc1ccc(O)cc1)NC(=O)[C@H](CS)NC(=O)[C@H](CO)NC(=O)CNC(=O)[C@H](C)NC(C)=O)[C@@H](C)C(=O)N[C@@H](CCCNC(=N)N)C(=O)N[C@@H](Cc1ccccc1)C(=O)N[C@@H](CCC(=O)O)C(=O)N[C@@H](CS)C(=O)N[C@@H](Cc1c[nH]c2ccccc12)C(=O)N[C@@H](CS)C(C)=O. The third-order valence-corrected chi connectivity index (χ3v) is 21.2. The number of Topliss-reactive ketones (excluding diaryl/α,β-unsaturated/α-hetero) is 1. The number of aromatic nitrogens is 1. The lowest BCUT2D eigenvalue weighted by Gasteiger charge is -2.34. The summed E-state index contributed by atoms with van der Waals surface area (Å²) in [4.78, 5) is 251. The van der Waals surface area contributed by atoms with E-state index in [0.717, 1.165) is 10.9 Å². The first kappa shape index (κ1) is 104. The molecule has 0 radical (unpaired) electrons. The number of likely N-dealkylation sites (tertiary alicyclic amines) is 1. The number of ketones is 1. The number of fused-ring (bicyclic) bond motifs is 1. The van der Waals surface area contributed by atoms with Gasteiger partial charge in [0.05, 0.1) is 32.3 Å². The second-order valence-electron chi connectivity index (χ2n) is 29.3. The Morgan fingerprint density at radius 1 is 0.520 bits per heavy atom. The monoisotopic (exact) mass is 1820 g/mol. The van der Waals surface area contributed by atoms with Gasteiger partial charge in [-0.2, -0.15) is 50.5 Å². The maximum atomic E-state index is 14.8. The molecule has 2 heterocycles. The second-order valence-corrected chi connectivity index (χ2v) is 30.7. The number of nitrogens with one attached hydrogen (secondary N) is 17. The van der Waals surface area contributed by atoms with Gasteiger partial charge in [-0.15, -0.1) is 0 Å². The lowest BCUT2D eigenvalue weighted by molar-refractivity contribution is -0.148. The van der Waals surface area contributed by atoms with E-state index in [-0.39, 0.29) is 82.5 Å². The number of amides is 16. The molecular weight excluding hydrogens is 1710 g/mol. The van der Waals surface area contributed by atoms with Crippen molar-refractivity contribution in [2.45, 2.75) is 183 Å². The van der Waals surface area contributed by atoms with Crippen molar-refractivity contribution in [3.8, 4) is 5.75 Å². The predicted molar refractivity (Wildman–Crippen MR) is 467 cm³/mol. The normalized spacial score (nSPS) is 15.4. The standard InChI is InChI=1S/C79H112N20O22S4/c1-6-27-98(78(121)62-19-13-28-99(62)64(106)34-85-68(111)56(35-100)93-77(120)61(40-125)96-72(115)54(30-46-20-22-48(104)23-21-46)91-75(118)60(39-124)97-74(117)57(36-101)87-63(105)33-84-66(109)41(2)86-44(5)103)42(3)67(110)88-51(18-12-26-82-79(80)81)69(112)90-53(29-45-14-8-7-9-15-45)71(114)89-52(24-25-65(107)108)70(113)95-59(38-123)76(119)92-55(73(116)94-58(37-122)43(4)102)31-47-32-83-50-17-11-10-16-49(47)50/h7-11,14-17,20-23,32,41-42,51-62,83,100-101,104,122-125H,6,12-13,18-19,24-31,33-40H2,1-5H3,(H,84,109)(H,85,111)(H,86,103)(H,87,105)(H,88,110)(H,89,114)(H,90,112)(H,91,118)(H,92,119)(H,93,120)(H,94,116)(H,95,113)(H,96,115)(H,97,117)(H,107,108)(H4,80,81,82)/t41-,42-,51-,52-,53-,54-,55-,56-,57-,58-,59-,60-,61-,62-/m0/s1. The Hall–Kier alpha value is -11.8. The Kier molecular flexibility index (Phi) is 43.8. The Bertz CT molecular complexity index is 4460. The molecule has 0 spiro atoms. The summed E-state index contributed by atoms with van der Waals surface area (Å²) in [6.07, 6.45) is 0.123. The quantitative estimate of drug-likeness (QED) is 0.00847. The highest BCUT2D eigenvalue weighted by Crippen LogP contribution is 2.23. The van der Waals surface area contributed by atoms with Gasteiger partial charge in [0.1, 0.15) is 84.3 Å². The highest BCUT2D eigenvalue weighted by Gasteiger charge is 2.42. The van der Waals surface area contributed by atoms with Gasteiger partial charge < -0.3 is 121 Å².